The molecule has 22 heavy (non-hydrogen) atoms. The second kappa shape index (κ2) is 5.63. The average molecular weight is 375 g/mol. The van der Waals surface area contributed by atoms with Crippen LogP contribution in [0.25, 0.3) is 10.2 Å². The van der Waals surface area contributed by atoms with Crippen LogP contribution in [0.2, 0.25) is 0 Å². The summed E-state index contributed by atoms with van der Waals surface area (Å²) in [6.07, 6.45) is 5.07. The zero-order valence-electron chi connectivity index (χ0n) is 12.2. The van der Waals surface area contributed by atoms with Gasteiger partial charge in [0.05, 0.1) is 5.39 Å². The van der Waals surface area contributed by atoms with Gasteiger partial charge < -0.3 is 4.74 Å². The number of hydrogen-bond donors (Lipinski definition) is 0. The van der Waals surface area contributed by atoms with E-state index in [2.05, 4.69) is 32.8 Å². The normalized spacial score (nSPS) is 17.5. The van der Waals surface area contributed by atoms with Gasteiger partial charge >= 0.3 is 0 Å². The van der Waals surface area contributed by atoms with Crippen LogP contribution in [0.15, 0.2) is 35.1 Å². The zero-order chi connectivity index (χ0) is 15.1. The summed E-state index contributed by atoms with van der Waals surface area (Å²) in [6, 6.07) is 7.84. The molecule has 5 heteroatoms. The van der Waals surface area contributed by atoms with Crippen LogP contribution in [0.3, 0.4) is 0 Å². The Bertz CT molecular complexity index is 846. The predicted molar refractivity (Wildman–Crippen MR) is 92.8 cm³/mol. The van der Waals surface area contributed by atoms with Crippen molar-refractivity contribution in [3.05, 3.63) is 45.5 Å². The molecule has 0 spiro atoms. The molecule has 0 bridgehead atoms. The maximum atomic E-state index is 6.05. The Hall–Kier alpha value is -1.46. The first-order valence-corrected chi connectivity index (χ1v) is 9.00. The molecule has 1 aromatic carbocycles. The van der Waals surface area contributed by atoms with Gasteiger partial charge in [0.25, 0.3) is 0 Å². The quantitative estimate of drug-likeness (QED) is 0.604. The second-order valence-corrected chi connectivity index (χ2v) is 7.77. The van der Waals surface area contributed by atoms with Crippen LogP contribution >= 0.6 is 27.3 Å². The monoisotopic (exact) mass is 374 g/mol. The van der Waals surface area contributed by atoms with Crippen LogP contribution in [0.1, 0.15) is 23.8 Å². The minimum atomic E-state index is 0.676. The van der Waals surface area contributed by atoms with Crippen LogP contribution in [-0.2, 0) is 12.8 Å². The third-order valence-electron chi connectivity index (χ3n) is 4.07. The number of benzene rings is 1. The molecular formula is C17H15BrN2OS. The zero-order valence-corrected chi connectivity index (χ0v) is 14.6. The molecule has 3 aromatic rings. The second-order valence-electron chi connectivity index (χ2n) is 5.77. The maximum absolute atomic E-state index is 6.05. The highest BCUT2D eigenvalue weighted by atomic mass is 79.9. The van der Waals surface area contributed by atoms with Crippen molar-refractivity contribution in [2.75, 3.05) is 0 Å². The molecule has 2 aromatic heterocycles. The van der Waals surface area contributed by atoms with Gasteiger partial charge in [-0.05, 0) is 48.9 Å². The fraction of sp³-hybridized carbons (Fsp3) is 0.294. The first kappa shape index (κ1) is 14.2. The van der Waals surface area contributed by atoms with E-state index >= 15 is 0 Å². The summed E-state index contributed by atoms with van der Waals surface area (Å²) < 4.78 is 7.05. The number of rotatable bonds is 2. The Labute approximate surface area is 141 Å². The molecule has 1 aliphatic carbocycles. The smallest absolute Gasteiger partial charge is 0.231 e. The number of ether oxygens (including phenoxy) is 1. The number of halogens is 1. The number of thiophene rings is 1. The summed E-state index contributed by atoms with van der Waals surface area (Å²) in [6.45, 7) is 2.32. The average Bonchev–Trinajstić information content (AvgIpc) is 2.85. The van der Waals surface area contributed by atoms with Gasteiger partial charge in [-0.3, -0.25) is 0 Å². The fourth-order valence-electron chi connectivity index (χ4n) is 2.97. The van der Waals surface area contributed by atoms with Crippen molar-refractivity contribution >= 4 is 37.5 Å². The van der Waals surface area contributed by atoms with Gasteiger partial charge in [-0.2, -0.15) is 0 Å². The van der Waals surface area contributed by atoms with Crippen molar-refractivity contribution in [1.82, 2.24) is 9.97 Å². The topological polar surface area (TPSA) is 35.0 Å². The van der Waals surface area contributed by atoms with E-state index in [1.54, 1.807) is 17.7 Å². The SMILES string of the molecule is C[C@@H]1CCc2c(sc3ncnc(Oc4cccc(Br)c4)c23)C1. The van der Waals surface area contributed by atoms with E-state index in [1.807, 2.05) is 24.3 Å². The number of hydrogen-bond acceptors (Lipinski definition) is 4. The molecule has 0 saturated heterocycles. The van der Waals surface area contributed by atoms with Gasteiger partial charge in [0.1, 0.15) is 16.9 Å². The molecule has 0 radical (unpaired) electrons. The van der Waals surface area contributed by atoms with Gasteiger partial charge in [0.2, 0.25) is 5.88 Å². The number of fused-ring (bicyclic) bond motifs is 3. The van der Waals surface area contributed by atoms with Crippen molar-refractivity contribution in [3.63, 3.8) is 0 Å². The molecular weight excluding hydrogens is 360 g/mol. The van der Waals surface area contributed by atoms with Crippen LogP contribution in [0.4, 0.5) is 0 Å². The lowest BCUT2D eigenvalue weighted by Crippen LogP contribution is -2.08. The van der Waals surface area contributed by atoms with Gasteiger partial charge in [-0.15, -0.1) is 11.3 Å². The van der Waals surface area contributed by atoms with E-state index in [0.717, 1.165) is 39.2 Å². The maximum Gasteiger partial charge on any atom is 0.231 e. The molecule has 1 aliphatic rings. The highest BCUT2D eigenvalue weighted by Crippen LogP contribution is 2.41. The number of aromatic nitrogens is 2. The van der Waals surface area contributed by atoms with E-state index in [0.29, 0.717) is 5.88 Å². The van der Waals surface area contributed by atoms with Gasteiger partial charge in [0.15, 0.2) is 0 Å². The largest absolute Gasteiger partial charge is 0.438 e. The Morgan fingerprint density at radius 2 is 2.23 bits per heavy atom. The van der Waals surface area contributed by atoms with Crippen molar-refractivity contribution in [3.8, 4) is 11.6 Å². The van der Waals surface area contributed by atoms with Crippen LogP contribution in [-0.4, -0.2) is 9.97 Å². The van der Waals surface area contributed by atoms with Gasteiger partial charge in [-0.25, -0.2) is 9.97 Å². The first-order valence-electron chi connectivity index (χ1n) is 7.39. The van der Waals surface area contributed by atoms with Crippen molar-refractivity contribution in [2.45, 2.75) is 26.2 Å². The third kappa shape index (κ3) is 2.52. The summed E-state index contributed by atoms with van der Waals surface area (Å²) >= 11 is 5.26. The molecule has 0 aliphatic heterocycles. The third-order valence-corrected chi connectivity index (χ3v) is 5.72. The highest BCUT2D eigenvalue weighted by Gasteiger charge is 2.23. The highest BCUT2D eigenvalue weighted by molar-refractivity contribution is 9.10. The van der Waals surface area contributed by atoms with E-state index in [4.69, 9.17) is 4.74 Å². The van der Waals surface area contributed by atoms with Crippen LogP contribution in [0, 0.1) is 5.92 Å². The molecule has 4 rings (SSSR count). The molecule has 3 nitrogen and oxygen atoms in total. The Morgan fingerprint density at radius 3 is 3.09 bits per heavy atom. The molecule has 0 amide bonds. The van der Waals surface area contributed by atoms with Crippen LogP contribution < -0.4 is 4.74 Å². The standard InChI is InChI=1S/C17H15BrN2OS/c1-10-5-6-13-14(7-10)22-17-15(13)16(19-9-20-17)21-12-4-2-3-11(18)8-12/h2-4,8-10H,5-7H2,1H3/t10-/m1/s1. The van der Waals surface area contributed by atoms with Crippen molar-refractivity contribution in [1.29, 1.82) is 0 Å². The lowest BCUT2D eigenvalue weighted by atomic mass is 9.89. The summed E-state index contributed by atoms with van der Waals surface area (Å²) in [7, 11) is 0. The predicted octanol–water partition coefficient (Wildman–Crippen LogP) is 5.37. The summed E-state index contributed by atoms with van der Waals surface area (Å²) in [5.74, 6) is 2.22. The minimum Gasteiger partial charge on any atom is -0.438 e. The minimum absolute atomic E-state index is 0.676. The summed E-state index contributed by atoms with van der Waals surface area (Å²) in [4.78, 5) is 11.3. The lowest BCUT2D eigenvalue weighted by Gasteiger charge is -2.18. The summed E-state index contributed by atoms with van der Waals surface area (Å²) in [5, 5.41) is 1.11. The van der Waals surface area contributed by atoms with Gasteiger partial charge in [-0.1, -0.05) is 28.9 Å². The molecule has 0 N–H and O–H groups in total. The molecule has 0 fully saturated rings. The molecule has 1 atom stereocenters. The molecule has 2 heterocycles. The molecule has 0 unspecified atom stereocenters. The first-order chi connectivity index (χ1) is 10.7. The molecule has 0 saturated carbocycles. The Kier molecular flexibility index (Phi) is 3.62. The number of nitrogens with zero attached hydrogens (tertiary/aromatic N) is 2. The van der Waals surface area contributed by atoms with E-state index < -0.39 is 0 Å². The molecule has 112 valence electrons. The van der Waals surface area contributed by atoms with Crippen molar-refractivity contribution in [2.24, 2.45) is 5.92 Å². The fourth-order valence-corrected chi connectivity index (χ4v) is 4.68. The van der Waals surface area contributed by atoms with E-state index in [1.165, 1.54) is 16.9 Å². The van der Waals surface area contributed by atoms with E-state index in [9.17, 15) is 0 Å². The lowest BCUT2D eigenvalue weighted by molar-refractivity contribution is 0.466. The Balaban J connectivity index is 1.81. The van der Waals surface area contributed by atoms with E-state index in [-0.39, 0.29) is 0 Å². The van der Waals surface area contributed by atoms with Crippen molar-refractivity contribution < 1.29 is 4.74 Å². The van der Waals surface area contributed by atoms with Gasteiger partial charge in [0, 0.05) is 9.35 Å². The van der Waals surface area contributed by atoms with Crippen LogP contribution in [0.5, 0.6) is 11.6 Å². The summed E-state index contributed by atoms with van der Waals surface area (Å²) in [5.41, 5.74) is 1.39. The Morgan fingerprint density at radius 1 is 1.32 bits per heavy atom. The number of aryl methyl sites for hydroxylation is 1.